The van der Waals surface area contributed by atoms with Crippen LogP contribution in [0.25, 0.3) is 11.1 Å². The van der Waals surface area contributed by atoms with Crippen molar-refractivity contribution in [2.75, 3.05) is 34.3 Å². The molecule has 1 aromatic heterocycles. The van der Waals surface area contributed by atoms with Crippen molar-refractivity contribution in [2.24, 2.45) is 11.7 Å². The lowest BCUT2D eigenvalue weighted by molar-refractivity contribution is -0.117. The van der Waals surface area contributed by atoms with Crippen molar-refractivity contribution in [2.45, 2.75) is 33.1 Å². The average molecular weight is 498 g/mol. The molecular formula is C29H31N5O3. The number of primary amides is 1. The summed E-state index contributed by atoms with van der Waals surface area (Å²) in [7, 11) is 0. The molecule has 2 fully saturated rings. The van der Waals surface area contributed by atoms with E-state index in [1.165, 1.54) is 0 Å². The lowest BCUT2D eigenvalue weighted by atomic mass is 9.98. The lowest BCUT2D eigenvalue weighted by Gasteiger charge is -2.22. The molecule has 2 saturated heterocycles. The van der Waals surface area contributed by atoms with Gasteiger partial charge in [-0.3, -0.25) is 19.4 Å². The standard InChI is InChI=1S/C29H31N5O3/c1-3-19-16-26(35)34(18-19)22-10-8-20(9-11-22)25-12-13-31-28(24(25)4-2)33-15-14-32(29(33)37)23-7-5-6-21(17-23)27(30)36/h5-13,17,19H,3-4,14-16,18H2,1-2H3,(H2,30,36)/t19-/m1/s1. The Hall–Kier alpha value is -4.20. The first kappa shape index (κ1) is 24.5. The first-order valence-corrected chi connectivity index (χ1v) is 12.8. The predicted octanol–water partition coefficient (Wildman–Crippen LogP) is 4.62. The Morgan fingerprint density at radius 2 is 1.73 bits per heavy atom. The van der Waals surface area contributed by atoms with E-state index in [0.717, 1.165) is 35.3 Å². The zero-order valence-corrected chi connectivity index (χ0v) is 21.2. The number of nitrogens with zero attached hydrogens (tertiary/aromatic N) is 4. The second-order valence-corrected chi connectivity index (χ2v) is 9.54. The molecule has 2 aliphatic heterocycles. The number of rotatable bonds is 7. The van der Waals surface area contributed by atoms with Gasteiger partial charge in [0.25, 0.3) is 0 Å². The average Bonchev–Trinajstić information content (AvgIpc) is 3.50. The summed E-state index contributed by atoms with van der Waals surface area (Å²) in [5.74, 6) is 0.706. The summed E-state index contributed by atoms with van der Waals surface area (Å²) in [5, 5.41) is 0. The summed E-state index contributed by atoms with van der Waals surface area (Å²) in [4.78, 5) is 47.3. The minimum Gasteiger partial charge on any atom is -0.366 e. The maximum Gasteiger partial charge on any atom is 0.330 e. The van der Waals surface area contributed by atoms with Gasteiger partial charge in [0, 0.05) is 54.8 Å². The van der Waals surface area contributed by atoms with E-state index in [1.54, 1.807) is 40.3 Å². The number of pyridine rings is 1. The van der Waals surface area contributed by atoms with Crippen LogP contribution in [-0.2, 0) is 11.2 Å². The number of anilines is 3. The second-order valence-electron chi connectivity index (χ2n) is 9.54. The highest BCUT2D eigenvalue weighted by atomic mass is 16.2. The molecular weight excluding hydrogens is 466 g/mol. The zero-order chi connectivity index (χ0) is 26.1. The summed E-state index contributed by atoms with van der Waals surface area (Å²) in [6.07, 6.45) is 4.05. The van der Waals surface area contributed by atoms with Gasteiger partial charge in [-0.05, 0) is 59.9 Å². The minimum atomic E-state index is -0.529. The fourth-order valence-corrected chi connectivity index (χ4v) is 5.26. The molecule has 3 heterocycles. The smallest absolute Gasteiger partial charge is 0.330 e. The molecule has 4 amide bonds. The molecule has 8 heteroatoms. The Morgan fingerprint density at radius 1 is 0.973 bits per heavy atom. The van der Waals surface area contributed by atoms with Gasteiger partial charge >= 0.3 is 6.03 Å². The highest BCUT2D eigenvalue weighted by Crippen LogP contribution is 2.35. The van der Waals surface area contributed by atoms with E-state index < -0.39 is 5.91 Å². The SMILES string of the molecule is CCc1c(-c2ccc(N3C[C@H](CC)CC3=O)cc2)ccnc1N1CCN(c2cccc(C(N)=O)c2)C1=O. The molecule has 37 heavy (non-hydrogen) atoms. The van der Waals surface area contributed by atoms with Crippen LogP contribution < -0.4 is 20.4 Å². The van der Waals surface area contributed by atoms with Crippen LogP contribution in [-0.4, -0.2) is 42.5 Å². The van der Waals surface area contributed by atoms with Gasteiger partial charge in [0.05, 0.1) is 0 Å². The molecule has 0 aliphatic carbocycles. The molecule has 8 nitrogen and oxygen atoms in total. The molecule has 0 bridgehead atoms. The van der Waals surface area contributed by atoms with E-state index in [4.69, 9.17) is 5.73 Å². The number of hydrogen-bond acceptors (Lipinski definition) is 4. The van der Waals surface area contributed by atoms with Crippen LogP contribution in [0, 0.1) is 5.92 Å². The zero-order valence-electron chi connectivity index (χ0n) is 21.2. The monoisotopic (exact) mass is 497 g/mol. The van der Waals surface area contributed by atoms with E-state index in [-0.39, 0.29) is 11.9 Å². The summed E-state index contributed by atoms with van der Waals surface area (Å²) in [6.45, 7) is 5.91. The number of carbonyl (C=O) groups is 3. The lowest BCUT2D eigenvalue weighted by Crippen LogP contribution is -2.33. The van der Waals surface area contributed by atoms with Crippen molar-refractivity contribution in [3.8, 4) is 11.1 Å². The highest BCUT2D eigenvalue weighted by molar-refractivity contribution is 6.07. The predicted molar refractivity (Wildman–Crippen MR) is 145 cm³/mol. The molecule has 1 atom stereocenters. The van der Waals surface area contributed by atoms with Crippen LogP contribution in [0.15, 0.2) is 60.8 Å². The molecule has 0 saturated carbocycles. The topological polar surface area (TPSA) is 99.8 Å². The van der Waals surface area contributed by atoms with Crippen LogP contribution in [0.2, 0.25) is 0 Å². The van der Waals surface area contributed by atoms with Crippen LogP contribution in [0.4, 0.5) is 22.0 Å². The molecule has 2 aromatic carbocycles. The van der Waals surface area contributed by atoms with Crippen molar-refractivity contribution in [1.29, 1.82) is 0 Å². The summed E-state index contributed by atoms with van der Waals surface area (Å²) < 4.78 is 0. The number of benzene rings is 2. The van der Waals surface area contributed by atoms with E-state index >= 15 is 0 Å². The Kier molecular flexibility index (Phi) is 6.65. The first-order chi connectivity index (χ1) is 17.9. The van der Waals surface area contributed by atoms with E-state index in [2.05, 4.69) is 18.8 Å². The summed E-state index contributed by atoms with van der Waals surface area (Å²) in [6, 6.07) is 16.7. The van der Waals surface area contributed by atoms with Gasteiger partial charge in [-0.15, -0.1) is 0 Å². The number of amides is 4. The Balaban J connectivity index is 1.42. The number of aromatic nitrogens is 1. The Bertz CT molecular complexity index is 1350. The van der Waals surface area contributed by atoms with Gasteiger partial charge in [-0.1, -0.05) is 38.5 Å². The van der Waals surface area contributed by atoms with Crippen LogP contribution in [0.3, 0.4) is 0 Å². The van der Waals surface area contributed by atoms with Gasteiger partial charge in [-0.25, -0.2) is 9.78 Å². The fraction of sp³-hybridized carbons (Fsp3) is 0.310. The van der Waals surface area contributed by atoms with Gasteiger partial charge in [0.15, 0.2) is 0 Å². The third kappa shape index (κ3) is 4.55. The van der Waals surface area contributed by atoms with Crippen molar-refractivity contribution >= 4 is 35.0 Å². The van der Waals surface area contributed by atoms with Crippen molar-refractivity contribution in [3.05, 3.63) is 71.9 Å². The van der Waals surface area contributed by atoms with E-state index in [9.17, 15) is 14.4 Å². The molecule has 0 unspecified atom stereocenters. The molecule has 190 valence electrons. The third-order valence-electron chi connectivity index (χ3n) is 7.37. The number of urea groups is 1. The fourth-order valence-electron chi connectivity index (χ4n) is 5.26. The van der Waals surface area contributed by atoms with Gasteiger partial charge in [0.1, 0.15) is 5.82 Å². The van der Waals surface area contributed by atoms with Crippen molar-refractivity contribution in [1.82, 2.24) is 4.98 Å². The Morgan fingerprint density at radius 3 is 2.41 bits per heavy atom. The highest BCUT2D eigenvalue weighted by Gasteiger charge is 2.33. The molecule has 2 aliphatic rings. The molecule has 0 radical (unpaired) electrons. The number of hydrogen-bond donors (Lipinski definition) is 1. The van der Waals surface area contributed by atoms with E-state index in [0.29, 0.717) is 48.9 Å². The quantitative estimate of drug-likeness (QED) is 0.515. The van der Waals surface area contributed by atoms with Gasteiger partial charge in [-0.2, -0.15) is 0 Å². The molecule has 0 spiro atoms. The van der Waals surface area contributed by atoms with Crippen LogP contribution in [0.5, 0.6) is 0 Å². The van der Waals surface area contributed by atoms with Crippen LogP contribution in [0.1, 0.15) is 42.6 Å². The van der Waals surface area contributed by atoms with Crippen molar-refractivity contribution < 1.29 is 14.4 Å². The Labute approximate surface area is 216 Å². The number of carbonyl (C=O) groups excluding carboxylic acids is 3. The molecule has 3 aromatic rings. The van der Waals surface area contributed by atoms with Crippen molar-refractivity contribution in [3.63, 3.8) is 0 Å². The van der Waals surface area contributed by atoms with E-state index in [1.807, 2.05) is 35.2 Å². The minimum absolute atomic E-state index is 0.179. The summed E-state index contributed by atoms with van der Waals surface area (Å²) >= 11 is 0. The maximum atomic E-state index is 13.4. The first-order valence-electron chi connectivity index (χ1n) is 12.8. The molecule has 2 N–H and O–H groups in total. The molecule has 5 rings (SSSR count). The summed E-state index contributed by atoms with van der Waals surface area (Å²) in [5.41, 5.74) is 10.4. The maximum absolute atomic E-state index is 13.4. The second kappa shape index (κ2) is 10.0. The van der Waals surface area contributed by atoms with Gasteiger partial charge < -0.3 is 10.6 Å². The van der Waals surface area contributed by atoms with Gasteiger partial charge in [0.2, 0.25) is 11.8 Å². The van der Waals surface area contributed by atoms with Crippen LogP contribution >= 0.6 is 0 Å². The number of nitrogens with two attached hydrogens (primary N) is 1. The normalized spacial score (nSPS) is 17.7. The largest absolute Gasteiger partial charge is 0.366 e. The third-order valence-corrected chi connectivity index (χ3v) is 7.37.